The van der Waals surface area contributed by atoms with Crippen molar-refractivity contribution in [2.24, 2.45) is 0 Å². The molecule has 6 heteroatoms. The van der Waals surface area contributed by atoms with Crippen molar-refractivity contribution in [3.05, 3.63) is 100.0 Å². The SMILES string of the molecule is CC(C)N1C(=O)c2c(O)c(=O)ccn2N(Cc2ccccc2)C1CCc1ccccc1. The maximum atomic E-state index is 13.4. The monoisotopic (exact) mass is 417 g/mol. The summed E-state index contributed by atoms with van der Waals surface area (Å²) in [5, 5.41) is 12.5. The third-order valence-corrected chi connectivity index (χ3v) is 5.71. The number of hydrogen-bond acceptors (Lipinski definition) is 4. The van der Waals surface area contributed by atoms with Gasteiger partial charge >= 0.3 is 0 Å². The Bertz CT molecular complexity index is 1110. The fourth-order valence-electron chi connectivity index (χ4n) is 4.23. The molecule has 0 spiro atoms. The topological polar surface area (TPSA) is 65.8 Å². The quantitative estimate of drug-likeness (QED) is 0.667. The Morgan fingerprint density at radius 1 is 0.903 bits per heavy atom. The predicted molar refractivity (Wildman–Crippen MR) is 121 cm³/mol. The van der Waals surface area contributed by atoms with Crippen LogP contribution in [-0.4, -0.2) is 32.8 Å². The normalized spacial score (nSPS) is 16.0. The first-order chi connectivity index (χ1) is 15.0. The maximum Gasteiger partial charge on any atom is 0.278 e. The van der Waals surface area contributed by atoms with Crippen LogP contribution >= 0.6 is 0 Å². The van der Waals surface area contributed by atoms with Crippen molar-refractivity contribution in [3.8, 4) is 5.75 Å². The summed E-state index contributed by atoms with van der Waals surface area (Å²) in [5.41, 5.74) is 1.75. The summed E-state index contributed by atoms with van der Waals surface area (Å²) in [6.45, 7) is 4.45. The first-order valence-corrected chi connectivity index (χ1v) is 10.6. The van der Waals surface area contributed by atoms with Crippen molar-refractivity contribution >= 4 is 5.91 Å². The van der Waals surface area contributed by atoms with E-state index in [2.05, 4.69) is 17.1 Å². The Kier molecular flexibility index (Phi) is 5.80. The van der Waals surface area contributed by atoms with E-state index in [4.69, 9.17) is 0 Å². The van der Waals surface area contributed by atoms with E-state index in [1.807, 2.05) is 62.4 Å². The summed E-state index contributed by atoms with van der Waals surface area (Å²) in [7, 11) is 0. The van der Waals surface area contributed by atoms with Crippen LogP contribution in [0.15, 0.2) is 77.7 Å². The van der Waals surface area contributed by atoms with E-state index in [1.165, 1.54) is 11.6 Å². The molecule has 1 unspecified atom stereocenters. The summed E-state index contributed by atoms with van der Waals surface area (Å²) in [6, 6.07) is 21.4. The number of carbonyl (C=O) groups is 1. The molecule has 0 fully saturated rings. The molecule has 0 aliphatic carbocycles. The molecular weight excluding hydrogens is 390 g/mol. The van der Waals surface area contributed by atoms with E-state index >= 15 is 0 Å². The van der Waals surface area contributed by atoms with Crippen LogP contribution < -0.4 is 10.4 Å². The second kappa shape index (κ2) is 8.68. The van der Waals surface area contributed by atoms with Gasteiger partial charge in [0.2, 0.25) is 5.43 Å². The first kappa shape index (κ1) is 20.7. The summed E-state index contributed by atoms with van der Waals surface area (Å²) in [5.74, 6) is -0.828. The van der Waals surface area contributed by atoms with Gasteiger partial charge < -0.3 is 10.0 Å². The molecule has 1 aliphatic heterocycles. The third kappa shape index (κ3) is 4.06. The van der Waals surface area contributed by atoms with Crippen LogP contribution in [0.2, 0.25) is 0 Å². The van der Waals surface area contributed by atoms with Crippen molar-refractivity contribution in [2.45, 2.75) is 45.4 Å². The largest absolute Gasteiger partial charge is 0.502 e. The Hall–Kier alpha value is -3.54. The standard InChI is InChI=1S/C25H27N3O3/c1-18(2)28-22(14-13-19-9-5-3-6-10-19)27(17-20-11-7-4-8-12-20)26-16-15-21(29)24(30)23(26)25(28)31/h3-12,15-16,18,22,30H,13-14,17H2,1-2H3. The lowest BCUT2D eigenvalue weighted by Crippen LogP contribution is -2.62. The molecule has 0 radical (unpaired) electrons. The average Bonchev–Trinajstić information content (AvgIpc) is 2.77. The minimum atomic E-state index is -0.550. The van der Waals surface area contributed by atoms with Gasteiger partial charge in [-0.3, -0.25) is 19.3 Å². The zero-order chi connectivity index (χ0) is 22.0. The molecule has 3 aromatic rings. The fraction of sp³-hybridized carbons (Fsp3) is 0.280. The van der Waals surface area contributed by atoms with Gasteiger partial charge in [-0.25, -0.2) is 0 Å². The number of aromatic hydroxyl groups is 1. The van der Waals surface area contributed by atoms with Crippen molar-refractivity contribution in [1.29, 1.82) is 0 Å². The van der Waals surface area contributed by atoms with Crippen molar-refractivity contribution in [1.82, 2.24) is 9.58 Å². The van der Waals surface area contributed by atoms with Gasteiger partial charge in [-0.05, 0) is 37.8 Å². The smallest absolute Gasteiger partial charge is 0.278 e. The van der Waals surface area contributed by atoms with E-state index < -0.39 is 11.2 Å². The van der Waals surface area contributed by atoms with Crippen LogP contribution in [0.25, 0.3) is 0 Å². The molecule has 0 saturated heterocycles. The van der Waals surface area contributed by atoms with Gasteiger partial charge in [-0.15, -0.1) is 0 Å². The third-order valence-electron chi connectivity index (χ3n) is 5.71. The Balaban J connectivity index is 1.80. The number of fused-ring (bicyclic) bond motifs is 1. The van der Waals surface area contributed by atoms with Gasteiger partial charge in [-0.1, -0.05) is 60.7 Å². The number of carbonyl (C=O) groups excluding carboxylic acids is 1. The summed E-state index contributed by atoms with van der Waals surface area (Å²) < 4.78 is 1.65. The molecule has 2 heterocycles. The molecule has 1 aromatic heterocycles. The minimum Gasteiger partial charge on any atom is -0.502 e. The summed E-state index contributed by atoms with van der Waals surface area (Å²) in [4.78, 5) is 27.3. The molecule has 0 saturated carbocycles. The van der Waals surface area contributed by atoms with Gasteiger partial charge in [0.05, 0.1) is 6.54 Å². The van der Waals surface area contributed by atoms with Gasteiger partial charge in [0.1, 0.15) is 6.17 Å². The molecule has 4 rings (SSSR count). The highest BCUT2D eigenvalue weighted by atomic mass is 16.3. The highest BCUT2D eigenvalue weighted by Crippen LogP contribution is 2.29. The minimum absolute atomic E-state index is 0.0214. The predicted octanol–water partition coefficient (Wildman–Crippen LogP) is 3.52. The van der Waals surface area contributed by atoms with Crippen LogP contribution in [0.3, 0.4) is 0 Å². The lowest BCUT2D eigenvalue weighted by Gasteiger charge is -2.48. The van der Waals surface area contributed by atoms with Crippen LogP contribution in [0.5, 0.6) is 5.75 Å². The number of aryl methyl sites for hydroxylation is 1. The molecule has 1 amide bonds. The molecule has 0 bridgehead atoms. The van der Waals surface area contributed by atoms with E-state index in [1.54, 1.807) is 15.8 Å². The van der Waals surface area contributed by atoms with Gasteiger partial charge in [0.15, 0.2) is 11.4 Å². The number of amides is 1. The highest BCUT2D eigenvalue weighted by molar-refractivity contribution is 5.96. The number of pyridine rings is 1. The summed E-state index contributed by atoms with van der Waals surface area (Å²) in [6.07, 6.45) is 2.87. The zero-order valence-electron chi connectivity index (χ0n) is 17.8. The second-order valence-corrected chi connectivity index (χ2v) is 8.12. The Labute approximate surface area is 181 Å². The van der Waals surface area contributed by atoms with E-state index in [0.29, 0.717) is 13.0 Å². The molecule has 2 aromatic carbocycles. The van der Waals surface area contributed by atoms with E-state index in [9.17, 15) is 14.7 Å². The number of benzene rings is 2. The summed E-state index contributed by atoms with van der Waals surface area (Å²) >= 11 is 0. The maximum absolute atomic E-state index is 13.4. The van der Waals surface area contributed by atoms with Crippen molar-refractivity contribution < 1.29 is 9.90 Å². The molecule has 1 atom stereocenters. The lowest BCUT2D eigenvalue weighted by molar-refractivity contribution is 0.0462. The van der Waals surface area contributed by atoms with Gasteiger partial charge in [0, 0.05) is 18.3 Å². The highest BCUT2D eigenvalue weighted by Gasteiger charge is 2.40. The van der Waals surface area contributed by atoms with Crippen molar-refractivity contribution in [3.63, 3.8) is 0 Å². The Morgan fingerprint density at radius 3 is 2.13 bits per heavy atom. The van der Waals surface area contributed by atoms with Crippen molar-refractivity contribution in [2.75, 3.05) is 5.01 Å². The van der Waals surface area contributed by atoms with Crippen LogP contribution in [0, 0.1) is 0 Å². The van der Waals surface area contributed by atoms with Crippen LogP contribution in [0.4, 0.5) is 0 Å². The van der Waals surface area contributed by atoms with Gasteiger partial charge in [-0.2, -0.15) is 0 Å². The van der Waals surface area contributed by atoms with Crippen LogP contribution in [-0.2, 0) is 13.0 Å². The number of hydrogen-bond donors (Lipinski definition) is 1. The number of rotatable bonds is 6. The number of nitrogens with zero attached hydrogens (tertiary/aromatic N) is 3. The molecule has 6 nitrogen and oxygen atoms in total. The molecular formula is C25H27N3O3. The molecule has 1 aliphatic rings. The van der Waals surface area contributed by atoms with Gasteiger partial charge in [0.25, 0.3) is 5.91 Å². The number of aromatic nitrogens is 1. The first-order valence-electron chi connectivity index (χ1n) is 10.6. The molecule has 31 heavy (non-hydrogen) atoms. The van der Waals surface area contributed by atoms with E-state index in [0.717, 1.165) is 12.0 Å². The lowest BCUT2D eigenvalue weighted by atomic mass is 10.0. The second-order valence-electron chi connectivity index (χ2n) is 8.12. The van der Waals surface area contributed by atoms with E-state index in [-0.39, 0.29) is 23.8 Å². The van der Waals surface area contributed by atoms with Crippen LogP contribution in [0.1, 0.15) is 41.9 Å². The molecule has 160 valence electrons. The molecule has 1 N–H and O–H groups in total. The Morgan fingerprint density at radius 2 is 1.52 bits per heavy atom. The fourth-order valence-corrected chi connectivity index (χ4v) is 4.23. The average molecular weight is 418 g/mol. The zero-order valence-corrected chi connectivity index (χ0v) is 17.8.